The summed E-state index contributed by atoms with van der Waals surface area (Å²) < 4.78 is 5.48. The van der Waals surface area contributed by atoms with Gasteiger partial charge in [-0.05, 0) is 44.2 Å². The van der Waals surface area contributed by atoms with Crippen molar-refractivity contribution in [3.8, 4) is 0 Å². The standard InChI is InChI=1S/C13H22N4O/c1-11-15-16-12(18-11)8-17-7-3-5-13(10-17)4-2-6-14-9-13/h14H,2-10H2,1H3. The topological polar surface area (TPSA) is 54.2 Å². The average Bonchev–Trinajstić information content (AvgIpc) is 2.76. The van der Waals surface area contributed by atoms with Crippen LogP contribution in [0.1, 0.15) is 37.5 Å². The molecule has 2 fully saturated rings. The minimum atomic E-state index is 0.492. The highest BCUT2D eigenvalue weighted by Gasteiger charge is 2.36. The van der Waals surface area contributed by atoms with E-state index in [0.717, 1.165) is 19.0 Å². The van der Waals surface area contributed by atoms with Gasteiger partial charge in [-0.1, -0.05) is 0 Å². The van der Waals surface area contributed by atoms with Gasteiger partial charge < -0.3 is 9.73 Å². The highest BCUT2D eigenvalue weighted by molar-refractivity contribution is 4.92. The second kappa shape index (κ2) is 4.97. The van der Waals surface area contributed by atoms with Gasteiger partial charge in [-0.15, -0.1) is 10.2 Å². The third kappa shape index (κ3) is 2.57. The highest BCUT2D eigenvalue weighted by atomic mass is 16.4. The zero-order valence-corrected chi connectivity index (χ0v) is 11.1. The summed E-state index contributed by atoms with van der Waals surface area (Å²) in [7, 11) is 0. The van der Waals surface area contributed by atoms with Crippen molar-refractivity contribution in [3.05, 3.63) is 11.8 Å². The fraction of sp³-hybridized carbons (Fsp3) is 0.846. The van der Waals surface area contributed by atoms with E-state index in [2.05, 4.69) is 20.4 Å². The van der Waals surface area contributed by atoms with E-state index >= 15 is 0 Å². The van der Waals surface area contributed by atoms with E-state index in [4.69, 9.17) is 4.42 Å². The summed E-state index contributed by atoms with van der Waals surface area (Å²) in [6.07, 6.45) is 5.32. The van der Waals surface area contributed by atoms with Gasteiger partial charge in [-0.3, -0.25) is 4.90 Å². The Balaban J connectivity index is 1.63. The largest absolute Gasteiger partial charge is 0.424 e. The zero-order chi connectivity index (χ0) is 12.4. The van der Waals surface area contributed by atoms with Gasteiger partial charge in [0, 0.05) is 20.0 Å². The summed E-state index contributed by atoms with van der Waals surface area (Å²) in [4.78, 5) is 2.48. The molecule has 2 aliphatic rings. The predicted molar refractivity (Wildman–Crippen MR) is 68.1 cm³/mol. The fourth-order valence-electron chi connectivity index (χ4n) is 3.42. The van der Waals surface area contributed by atoms with Crippen molar-refractivity contribution in [2.75, 3.05) is 26.2 Å². The van der Waals surface area contributed by atoms with E-state index in [1.807, 2.05) is 6.92 Å². The third-order valence-corrected chi connectivity index (χ3v) is 4.23. The number of likely N-dealkylation sites (tertiary alicyclic amines) is 1. The van der Waals surface area contributed by atoms with Crippen LogP contribution in [0.2, 0.25) is 0 Å². The molecule has 1 aromatic rings. The van der Waals surface area contributed by atoms with Crippen LogP contribution in [0.25, 0.3) is 0 Å². The van der Waals surface area contributed by atoms with Crippen molar-refractivity contribution < 1.29 is 4.42 Å². The van der Waals surface area contributed by atoms with Crippen LogP contribution in [-0.4, -0.2) is 41.3 Å². The number of nitrogens with one attached hydrogen (secondary N) is 1. The van der Waals surface area contributed by atoms with Gasteiger partial charge >= 0.3 is 0 Å². The molecule has 2 saturated heterocycles. The molecule has 1 aromatic heterocycles. The highest BCUT2D eigenvalue weighted by Crippen LogP contribution is 2.36. The molecule has 1 spiro atoms. The van der Waals surface area contributed by atoms with E-state index < -0.39 is 0 Å². The molecule has 2 aliphatic heterocycles. The van der Waals surface area contributed by atoms with E-state index in [9.17, 15) is 0 Å². The van der Waals surface area contributed by atoms with E-state index in [1.165, 1.54) is 45.3 Å². The van der Waals surface area contributed by atoms with Crippen molar-refractivity contribution >= 4 is 0 Å². The molecule has 5 nitrogen and oxygen atoms in total. The summed E-state index contributed by atoms with van der Waals surface area (Å²) >= 11 is 0. The van der Waals surface area contributed by atoms with Gasteiger partial charge in [0.15, 0.2) is 0 Å². The number of piperidine rings is 2. The Hall–Kier alpha value is -0.940. The minimum absolute atomic E-state index is 0.492. The van der Waals surface area contributed by atoms with Gasteiger partial charge in [0.25, 0.3) is 0 Å². The molecular formula is C13H22N4O. The molecule has 5 heteroatoms. The Kier molecular flexibility index (Phi) is 3.35. The maximum Gasteiger partial charge on any atom is 0.230 e. The van der Waals surface area contributed by atoms with Crippen LogP contribution in [0.3, 0.4) is 0 Å². The maximum absolute atomic E-state index is 5.48. The number of nitrogens with zero attached hydrogens (tertiary/aromatic N) is 3. The minimum Gasteiger partial charge on any atom is -0.424 e. The summed E-state index contributed by atoms with van der Waals surface area (Å²) in [6, 6.07) is 0. The molecule has 0 bridgehead atoms. The van der Waals surface area contributed by atoms with Crippen molar-refractivity contribution in [2.45, 2.75) is 39.2 Å². The fourth-order valence-corrected chi connectivity index (χ4v) is 3.42. The zero-order valence-electron chi connectivity index (χ0n) is 11.1. The summed E-state index contributed by atoms with van der Waals surface area (Å²) in [5, 5.41) is 11.6. The molecule has 0 saturated carbocycles. The number of aromatic nitrogens is 2. The Bertz CT molecular complexity index is 392. The lowest BCUT2D eigenvalue weighted by molar-refractivity contribution is 0.0549. The predicted octanol–water partition coefficient (Wildman–Crippen LogP) is 1.34. The Morgan fingerprint density at radius 1 is 1.33 bits per heavy atom. The monoisotopic (exact) mass is 250 g/mol. The molecule has 0 aliphatic carbocycles. The normalized spacial score (nSPS) is 29.8. The summed E-state index contributed by atoms with van der Waals surface area (Å²) in [5.74, 6) is 1.42. The molecule has 18 heavy (non-hydrogen) atoms. The molecular weight excluding hydrogens is 228 g/mol. The van der Waals surface area contributed by atoms with Crippen molar-refractivity contribution in [1.82, 2.24) is 20.4 Å². The van der Waals surface area contributed by atoms with Crippen molar-refractivity contribution in [3.63, 3.8) is 0 Å². The SMILES string of the molecule is Cc1nnc(CN2CCCC3(CCCNC3)C2)o1. The van der Waals surface area contributed by atoms with Gasteiger partial charge in [0.05, 0.1) is 6.54 Å². The quantitative estimate of drug-likeness (QED) is 0.858. The lowest BCUT2D eigenvalue weighted by Crippen LogP contribution is -2.50. The maximum atomic E-state index is 5.48. The summed E-state index contributed by atoms with van der Waals surface area (Å²) in [5.41, 5.74) is 0.492. The lowest BCUT2D eigenvalue weighted by atomic mass is 9.74. The van der Waals surface area contributed by atoms with Crippen LogP contribution in [-0.2, 0) is 6.54 Å². The number of aryl methyl sites for hydroxylation is 1. The van der Waals surface area contributed by atoms with Crippen LogP contribution >= 0.6 is 0 Å². The molecule has 0 amide bonds. The van der Waals surface area contributed by atoms with Gasteiger partial charge in [0.2, 0.25) is 11.8 Å². The van der Waals surface area contributed by atoms with Crippen LogP contribution in [0.4, 0.5) is 0 Å². The van der Waals surface area contributed by atoms with Crippen LogP contribution < -0.4 is 5.32 Å². The van der Waals surface area contributed by atoms with Gasteiger partial charge in [0.1, 0.15) is 0 Å². The molecule has 0 aromatic carbocycles. The van der Waals surface area contributed by atoms with Crippen LogP contribution in [0, 0.1) is 12.3 Å². The second-order valence-corrected chi connectivity index (χ2v) is 5.81. The first kappa shape index (κ1) is 12.1. The van der Waals surface area contributed by atoms with E-state index in [0.29, 0.717) is 11.3 Å². The second-order valence-electron chi connectivity index (χ2n) is 5.81. The van der Waals surface area contributed by atoms with Crippen molar-refractivity contribution in [2.24, 2.45) is 5.41 Å². The van der Waals surface area contributed by atoms with Crippen molar-refractivity contribution in [1.29, 1.82) is 0 Å². The Morgan fingerprint density at radius 2 is 2.22 bits per heavy atom. The Morgan fingerprint density at radius 3 is 2.94 bits per heavy atom. The number of hydrogen-bond donors (Lipinski definition) is 1. The first-order valence-corrected chi connectivity index (χ1v) is 6.98. The average molecular weight is 250 g/mol. The molecule has 1 atom stereocenters. The Labute approximate surface area is 108 Å². The first-order valence-electron chi connectivity index (χ1n) is 6.98. The van der Waals surface area contributed by atoms with E-state index in [-0.39, 0.29) is 0 Å². The smallest absolute Gasteiger partial charge is 0.230 e. The molecule has 1 N–H and O–H groups in total. The van der Waals surface area contributed by atoms with Crippen LogP contribution in [0.5, 0.6) is 0 Å². The molecule has 3 rings (SSSR count). The number of rotatable bonds is 2. The first-order chi connectivity index (χ1) is 8.76. The van der Waals surface area contributed by atoms with Gasteiger partial charge in [-0.2, -0.15) is 0 Å². The van der Waals surface area contributed by atoms with Gasteiger partial charge in [-0.25, -0.2) is 0 Å². The number of hydrogen-bond acceptors (Lipinski definition) is 5. The molecule has 0 radical (unpaired) electrons. The molecule has 100 valence electrons. The van der Waals surface area contributed by atoms with E-state index in [1.54, 1.807) is 0 Å². The third-order valence-electron chi connectivity index (χ3n) is 4.23. The summed E-state index contributed by atoms with van der Waals surface area (Å²) in [6.45, 7) is 7.34. The molecule has 1 unspecified atom stereocenters. The van der Waals surface area contributed by atoms with Crippen LogP contribution in [0.15, 0.2) is 4.42 Å². The lowest BCUT2D eigenvalue weighted by Gasteiger charge is -2.45. The molecule has 3 heterocycles.